The molecule has 0 fully saturated rings. The van der Waals surface area contributed by atoms with Gasteiger partial charge in [0.25, 0.3) is 0 Å². The SMILES string of the molecule is CC(C)Oc1ccc(-c2cccc(C=O)c2)cc1. The topological polar surface area (TPSA) is 26.3 Å². The van der Waals surface area contributed by atoms with Crippen LogP contribution in [-0.4, -0.2) is 12.4 Å². The summed E-state index contributed by atoms with van der Waals surface area (Å²) in [5, 5.41) is 0. The molecule has 18 heavy (non-hydrogen) atoms. The Morgan fingerprint density at radius 1 is 1.00 bits per heavy atom. The number of benzene rings is 2. The van der Waals surface area contributed by atoms with Gasteiger partial charge in [-0.15, -0.1) is 0 Å². The number of hydrogen-bond acceptors (Lipinski definition) is 2. The molecule has 0 bridgehead atoms. The van der Waals surface area contributed by atoms with Gasteiger partial charge in [-0.25, -0.2) is 0 Å². The van der Waals surface area contributed by atoms with Gasteiger partial charge in [-0.1, -0.05) is 30.3 Å². The molecule has 2 nitrogen and oxygen atoms in total. The van der Waals surface area contributed by atoms with Gasteiger partial charge < -0.3 is 4.74 Å². The summed E-state index contributed by atoms with van der Waals surface area (Å²) >= 11 is 0. The molecule has 0 saturated carbocycles. The lowest BCUT2D eigenvalue weighted by Crippen LogP contribution is -2.05. The minimum absolute atomic E-state index is 0.175. The smallest absolute Gasteiger partial charge is 0.150 e. The summed E-state index contributed by atoms with van der Waals surface area (Å²) in [6.45, 7) is 4.00. The van der Waals surface area contributed by atoms with Crippen molar-refractivity contribution in [2.24, 2.45) is 0 Å². The molecule has 2 heteroatoms. The minimum atomic E-state index is 0.175. The summed E-state index contributed by atoms with van der Waals surface area (Å²) in [6.07, 6.45) is 1.04. The standard InChI is InChI=1S/C16H16O2/c1-12(2)18-16-8-6-14(7-9-16)15-5-3-4-13(10-15)11-17/h3-12H,1-2H3. The molecule has 0 saturated heterocycles. The van der Waals surface area contributed by atoms with Crippen LogP contribution in [0.1, 0.15) is 24.2 Å². The van der Waals surface area contributed by atoms with Gasteiger partial charge in [0.1, 0.15) is 12.0 Å². The van der Waals surface area contributed by atoms with Crippen LogP contribution in [0.25, 0.3) is 11.1 Å². The molecule has 0 atom stereocenters. The third kappa shape index (κ3) is 2.98. The fourth-order valence-corrected chi connectivity index (χ4v) is 1.79. The van der Waals surface area contributed by atoms with Crippen LogP contribution in [0.2, 0.25) is 0 Å². The Bertz CT molecular complexity index is 527. The Kier molecular flexibility index (Phi) is 3.78. The normalized spacial score (nSPS) is 10.4. The lowest BCUT2D eigenvalue weighted by Gasteiger charge is -2.10. The zero-order valence-electron chi connectivity index (χ0n) is 10.6. The Labute approximate surface area is 107 Å². The van der Waals surface area contributed by atoms with E-state index in [4.69, 9.17) is 4.74 Å². The Morgan fingerprint density at radius 3 is 2.33 bits per heavy atom. The Morgan fingerprint density at radius 2 is 1.72 bits per heavy atom. The van der Waals surface area contributed by atoms with Gasteiger partial charge in [-0.2, -0.15) is 0 Å². The van der Waals surface area contributed by atoms with Crippen LogP contribution in [0, 0.1) is 0 Å². The van der Waals surface area contributed by atoms with E-state index in [1.54, 1.807) is 6.07 Å². The van der Waals surface area contributed by atoms with Crippen LogP contribution in [0.5, 0.6) is 5.75 Å². The lowest BCUT2D eigenvalue weighted by atomic mass is 10.0. The molecule has 0 radical (unpaired) electrons. The molecule has 0 aliphatic rings. The zero-order valence-corrected chi connectivity index (χ0v) is 10.6. The summed E-state index contributed by atoms with van der Waals surface area (Å²) in [4.78, 5) is 10.7. The number of aldehydes is 1. The molecular weight excluding hydrogens is 224 g/mol. The van der Waals surface area contributed by atoms with Crippen molar-refractivity contribution in [2.75, 3.05) is 0 Å². The molecule has 0 N–H and O–H groups in total. The van der Waals surface area contributed by atoms with E-state index in [2.05, 4.69) is 0 Å². The van der Waals surface area contributed by atoms with Crippen molar-refractivity contribution >= 4 is 6.29 Å². The molecule has 0 heterocycles. The van der Waals surface area contributed by atoms with Crippen molar-refractivity contribution in [2.45, 2.75) is 20.0 Å². The Balaban J connectivity index is 2.25. The van der Waals surface area contributed by atoms with Crippen molar-refractivity contribution < 1.29 is 9.53 Å². The largest absolute Gasteiger partial charge is 0.491 e. The van der Waals surface area contributed by atoms with Crippen molar-refractivity contribution in [3.05, 3.63) is 54.1 Å². The van der Waals surface area contributed by atoms with E-state index in [0.29, 0.717) is 5.56 Å². The van der Waals surface area contributed by atoms with Crippen LogP contribution in [0.15, 0.2) is 48.5 Å². The molecule has 0 aliphatic heterocycles. The number of ether oxygens (including phenoxy) is 1. The molecular formula is C16H16O2. The first-order valence-electron chi connectivity index (χ1n) is 6.01. The maximum absolute atomic E-state index is 10.7. The molecule has 0 amide bonds. The van der Waals surface area contributed by atoms with Crippen molar-refractivity contribution in [1.29, 1.82) is 0 Å². The maximum Gasteiger partial charge on any atom is 0.150 e. The molecule has 2 aromatic rings. The molecule has 0 aromatic heterocycles. The van der Waals surface area contributed by atoms with Crippen LogP contribution in [-0.2, 0) is 0 Å². The number of hydrogen-bond donors (Lipinski definition) is 0. The summed E-state index contributed by atoms with van der Waals surface area (Å²) in [5.74, 6) is 0.861. The van der Waals surface area contributed by atoms with E-state index >= 15 is 0 Å². The van der Waals surface area contributed by atoms with Gasteiger partial charge in [-0.3, -0.25) is 4.79 Å². The van der Waals surface area contributed by atoms with E-state index in [1.807, 2.05) is 56.3 Å². The van der Waals surface area contributed by atoms with Gasteiger partial charge >= 0.3 is 0 Å². The van der Waals surface area contributed by atoms with E-state index < -0.39 is 0 Å². The number of carbonyl (C=O) groups is 1. The van der Waals surface area contributed by atoms with E-state index in [0.717, 1.165) is 23.2 Å². The summed E-state index contributed by atoms with van der Waals surface area (Å²) < 4.78 is 5.59. The number of rotatable bonds is 4. The predicted octanol–water partition coefficient (Wildman–Crippen LogP) is 3.95. The number of carbonyl (C=O) groups excluding carboxylic acids is 1. The first kappa shape index (κ1) is 12.4. The average Bonchev–Trinajstić information content (AvgIpc) is 2.39. The summed E-state index contributed by atoms with van der Waals surface area (Å²) in [5.41, 5.74) is 2.81. The van der Waals surface area contributed by atoms with Gasteiger partial charge in [0, 0.05) is 5.56 Å². The third-order valence-corrected chi connectivity index (χ3v) is 2.58. The minimum Gasteiger partial charge on any atom is -0.491 e. The maximum atomic E-state index is 10.7. The van der Waals surface area contributed by atoms with E-state index in [9.17, 15) is 4.79 Å². The quantitative estimate of drug-likeness (QED) is 0.756. The predicted molar refractivity (Wildman–Crippen MR) is 73.0 cm³/mol. The van der Waals surface area contributed by atoms with E-state index in [-0.39, 0.29) is 6.10 Å². The molecule has 0 spiro atoms. The second-order valence-corrected chi connectivity index (χ2v) is 4.43. The molecule has 2 aromatic carbocycles. The molecule has 0 unspecified atom stereocenters. The van der Waals surface area contributed by atoms with Gasteiger partial charge in [0.05, 0.1) is 6.10 Å². The van der Waals surface area contributed by atoms with Crippen molar-refractivity contribution in [3.63, 3.8) is 0 Å². The summed E-state index contributed by atoms with van der Waals surface area (Å²) in [7, 11) is 0. The monoisotopic (exact) mass is 240 g/mol. The van der Waals surface area contributed by atoms with Gasteiger partial charge in [-0.05, 0) is 43.2 Å². The van der Waals surface area contributed by atoms with Crippen molar-refractivity contribution in [3.8, 4) is 16.9 Å². The average molecular weight is 240 g/mol. The second-order valence-electron chi connectivity index (χ2n) is 4.43. The van der Waals surface area contributed by atoms with Crippen LogP contribution in [0.4, 0.5) is 0 Å². The fourth-order valence-electron chi connectivity index (χ4n) is 1.79. The highest BCUT2D eigenvalue weighted by Gasteiger charge is 2.01. The second kappa shape index (κ2) is 5.50. The van der Waals surface area contributed by atoms with Gasteiger partial charge in [0.15, 0.2) is 0 Å². The first-order valence-corrected chi connectivity index (χ1v) is 6.01. The third-order valence-electron chi connectivity index (χ3n) is 2.58. The molecule has 92 valence electrons. The van der Waals surface area contributed by atoms with Crippen LogP contribution < -0.4 is 4.74 Å². The zero-order chi connectivity index (χ0) is 13.0. The first-order chi connectivity index (χ1) is 8.69. The van der Waals surface area contributed by atoms with E-state index in [1.165, 1.54) is 0 Å². The highest BCUT2D eigenvalue weighted by atomic mass is 16.5. The summed E-state index contributed by atoms with van der Waals surface area (Å²) in [6, 6.07) is 15.5. The van der Waals surface area contributed by atoms with Crippen LogP contribution in [0.3, 0.4) is 0 Å². The highest BCUT2D eigenvalue weighted by Crippen LogP contribution is 2.23. The van der Waals surface area contributed by atoms with Gasteiger partial charge in [0.2, 0.25) is 0 Å². The highest BCUT2D eigenvalue weighted by molar-refractivity contribution is 5.78. The molecule has 0 aliphatic carbocycles. The molecule has 2 rings (SSSR count). The lowest BCUT2D eigenvalue weighted by molar-refractivity contribution is 0.112. The Hall–Kier alpha value is -2.09. The van der Waals surface area contributed by atoms with Crippen LogP contribution >= 0.6 is 0 Å². The fraction of sp³-hybridized carbons (Fsp3) is 0.188. The van der Waals surface area contributed by atoms with Crippen molar-refractivity contribution in [1.82, 2.24) is 0 Å².